The van der Waals surface area contributed by atoms with E-state index in [-0.39, 0.29) is 12.2 Å². The molecule has 4 nitrogen and oxygen atoms in total. The lowest BCUT2D eigenvalue weighted by Gasteiger charge is -2.26. The van der Waals surface area contributed by atoms with Crippen molar-refractivity contribution in [1.82, 2.24) is 4.90 Å². The van der Waals surface area contributed by atoms with Crippen LogP contribution >= 0.6 is 0 Å². The van der Waals surface area contributed by atoms with Gasteiger partial charge in [0.25, 0.3) is 0 Å². The Morgan fingerprint density at radius 1 is 1.25 bits per heavy atom. The molecule has 0 aromatic heterocycles. The average Bonchev–Trinajstić information content (AvgIpc) is 2.73. The summed E-state index contributed by atoms with van der Waals surface area (Å²) in [6.07, 6.45) is 4.04. The van der Waals surface area contributed by atoms with E-state index in [0.717, 1.165) is 19.6 Å². The molecule has 0 aromatic carbocycles. The summed E-state index contributed by atoms with van der Waals surface area (Å²) in [6.45, 7) is 4.83. The molecular formula is C12H26N2O2. The molecule has 1 rings (SSSR count). The minimum absolute atomic E-state index is 0.195. The van der Waals surface area contributed by atoms with Gasteiger partial charge in [0.1, 0.15) is 0 Å². The highest BCUT2D eigenvalue weighted by atomic mass is 16.5. The van der Waals surface area contributed by atoms with Gasteiger partial charge in [0.15, 0.2) is 0 Å². The number of methoxy groups -OCH3 is 2. The molecule has 1 saturated heterocycles. The molecule has 96 valence electrons. The maximum Gasteiger partial charge on any atom is 0.0971 e. The summed E-state index contributed by atoms with van der Waals surface area (Å²) < 4.78 is 10.9. The number of ether oxygens (including phenoxy) is 2. The van der Waals surface area contributed by atoms with Crippen LogP contribution in [0.2, 0.25) is 0 Å². The molecule has 1 fully saturated rings. The van der Waals surface area contributed by atoms with Crippen LogP contribution in [0.1, 0.15) is 26.2 Å². The molecule has 0 amide bonds. The fourth-order valence-corrected chi connectivity index (χ4v) is 2.41. The zero-order valence-electron chi connectivity index (χ0n) is 10.8. The Bertz CT molecular complexity index is 178. The zero-order valence-corrected chi connectivity index (χ0v) is 10.8. The largest absolute Gasteiger partial charge is 0.377 e. The lowest BCUT2D eigenvalue weighted by molar-refractivity contribution is -0.00461. The summed E-state index contributed by atoms with van der Waals surface area (Å²) >= 11 is 0. The summed E-state index contributed by atoms with van der Waals surface area (Å²) in [5.41, 5.74) is 5.84. The molecular weight excluding hydrogens is 204 g/mol. The molecule has 0 radical (unpaired) electrons. The van der Waals surface area contributed by atoms with Gasteiger partial charge in [0, 0.05) is 39.9 Å². The molecule has 3 atom stereocenters. The van der Waals surface area contributed by atoms with Crippen LogP contribution in [0.15, 0.2) is 0 Å². The van der Waals surface area contributed by atoms with Gasteiger partial charge in [-0.1, -0.05) is 19.8 Å². The molecule has 1 heterocycles. The molecule has 2 N–H and O–H groups in total. The predicted octanol–water partition coefficient (Wildman–Crippen LogP) is 0.850. The van der Waals surface area contributed by atoms with Crippen molar-refractivity contribution in [1.29, 1.82) is 0 Å². The van der Waals surface area contributed by atoms with E-state index < -0.39 is 0 Å². The van der Waals surface area contributed by atoms with Crippen molar-refractivity contribution >= 4 is 0 Å². The van der Waals surface area contributed by atoms with E-state index in [4.69, 9.17) is 15.2 Å². The lowest BCUT2D eigenvalue weighted by Crippen LogP contribution is -2.40. The molecule has 4 heteroatoms. The van der Waals surface area contributed by atoms with E-state index in [9.17, 15) is 0 Å². The molecule has 0 spiro atoms. The van der Waals surface area contributed by atoms with E-state index in [2.05, 4.69) is 11.8 Å². The van der Waals surface area contributed by atoms with E-state index in [0.29, 0.717) is 6.04 Å². The number of nitrogens with zero attached hydrogens (tertiary/aromatic N) is 1. The predicted molar refractivity (Wildman–Crippen MR) is 65.5 cm³/mol. The van der Waals surface area contributed by atoms with Crippen molar-refractivity contribution in [2.24, 2.45) is 5.73 Å². The fourth-order valence-electron chi connectivity index (χ4n) is 2.41. The summed E-state index contributed by atoms with van der Waals surface area (Å²) in [7, 11) is 3.51. The standard InChI is InChI=1S/C12H26N2O2/c1-4-5-6-10(7-13)14-8-11(15-2)12(9-14)16-3/h10-12H,4-9,13H2,1-3H3. The third-order valence-corrected chi connectivity index (χ3v) is 3.53. The number of hydrogen-bond donors (Lipinski definition) is 1. The van der Waals surface area contributed by atoms with Gasteiger partial charge in [-0.2, -0.15) is 0 Å². The molecule has 0 aromatic rings. The van der Waals surface area contributed by atoms with Crippen LogP contribution in [0, 0.1) is 0 Å². The van der Waals surface area contributed by atoms with Crippen LogP contribution in [-0.4, -0.2) is 57.0 Å². The second-order valence-electron chi connectivity index (χ2n) is 4.53. The third kappa shape index (κ3) is 3.42. The highest BCUT2D eigenvalue weighted by Crippen LogP contribution is 2.20. The first-order chi connectivity index (χ1) is 7.76. The lowest BCUT2D eigenvalue weighted by atomic mass is 10.1. The molecule has 16 heavy (non-hydrogen) atoms. The maximum absolute atomic E-state index is 5.84. The highest BCUT2D eigenvalue weighted by Gasteiger charge is 2.35. The van der Waals surface area contributed by atoms with Crippen LogP contribution < -0.4 is 5.73 Å². The van der Waals surface area contributed by atoms with Crippen LogP contribution in [0.3, 0.4) is 0 Å². The molecule has 0 saturated carbocycles. The van der Waals surface area contributed by atoms with Crippen molar-refractivity contribution in [3.05, 3.63) is 0 Å². The van der Waals surface area contributed by atoms with Gasteiger partial charge in [-0.3, -0.25) is 4.90 Å². The normalized spacial score (nSPS) is 28.5. The highest BCUT2D eigenvalue weighted by molar-refractivity contribution is 4.89. The van der Waals surface area contributed by atoms with Crippen LogP contribution in [0.25, 0.3) is 0 Å². The Labute approximate surface area is 99.1 Å². The van der Waals surface area contributed by atoms with Crippen molar-refractivity contribution in [2.45, 2.75) is 44.4 Å². The molecule has 1 aliphatic rings. The number of likely N-dealkylation sites (tertiary alicyclic amines) is 1. The second kappa shape index (κ2) is 7.22. The zero-order chi connectivity index (χ0) is 12.0. The van der Waals surface area contributed by atoms with E-state index >= 15 is 0 Å². The molecule has 0 bridgehead atoms. The van der Waals surface area contributed by atoms with Gasteiger partial charge in [-0.25, -0.2) is 0 Å². The van der Waals surface area contributed by atoms with E-state index in [1.165, 1.54) is 19.3 Å². The maximum atomic E-state index is 5.84. The second-order valence-corrected chi connectivity index (χ2v) is 4.53. The van der Waals surface area contributed by atoms with Crippen LogP contribution in [0.4, 0.5) is 0 Å². The Kier molecular flexibility index (Phi) is 6.28. The topological polar surface area (TPSA) is 47.7 Å². The van der Waals surface area contributed by atoms with E-state index in [1.807, 2.05) is 0 Å². The first-order valence-electron chi connectivity index (χ1n) is 6.26. The molecule has 0 aliphatic carbocycles. The number of hydrogen-bond acceptors (Lipinski definition) is 4. The smallest absolute Gasteiger partial charge is 0.0971 e. The first-order valence-corrected chi connectivity index (χ1v) is 6.26. The fraction of sp³-hybridized carbons (Fsp3) is 1.00. The van der Waals surface area contributed by atoms with Gasteiger partial charge >= 0.3 is 0 Å². The minimum atomic E-state index is 0.195. The van der Waals surface area contributed by atoms with Gasteiger partial charge in [-0.15, -0.1) is 0 Å². The number of unbranched alkanes of at least 4 members (excludes halogenated alkanes) is 1. The first kappa shape index (κ1) is 13.9. The molecule has 3 unspecified atom stereocenters. The average molecular weight is 230 g/mol. The summed E-state index contributed by atoms with van der Waals surface area (Å²) in [4.78, 5) is 2.41. The SMILES string of the molecule is CCCCC(CN)N1CC(OC)C(OC)C1. The van der Waals surface area contributed by atoms with E-state index in [1.54, 1.807) is 14.2 Å². The van der Waals surface area contributed by atoms with Crippen molar-refractivity contribution in [3.8, 4) is 0 Å². The third-order valence-electron chi connectivity index (χ3n) is 3.53. The van der Waals surface area contributed by atoms with Gasteiger partial charge < -0.3 is 15.2 Å². The Hall–Kier alpha value is -0.160. The van der Waals surface area contributed by atoms with Crippen molar-refractivity contribution < 1.29 is 9.47 Å². The van der Waals surface area contributed by atoms with Crippen molar-refractivity contribution in [3.63, 3.8) is 0 Å². The van der Waals surface area contributed by atoms with Gasteiger partial charge in [0.2, 0.25) is 0 Å². The number of rotatable bonds is 7. The minimum Gasteiger partial charge on any atom is -0.377 e. The molecule has 1 aliphatic heterocycles. The van der Waals surface area contributed by atoms with Gasteiger partial charge in [-0.05, 0) is 6.42 Å². The quantitative estimate of drug-likeness (QED) is 0.704. The van der Waals surface area contributed by atoms with Crippen molar-refractivity contribution in [2.75, 3.05) is 33.9 Å². The van der Waals surface area contributed by atoms with Gasteiger partial charge in [0.05, 0.1) is 12.2 Å². The Morgan fingerprint density at radius 2 is 1.81 bits per heavy atom. The monoisotopic (exact) mass is 230 g/mol. The summed E-state index contributed by atoms with van der Waals surface area (Å²) in [6, 6.07) is 0.484. The Balaban J connectivity index is 2.47. The summed E-state index contributed by atoms with van der Waals surface area (Å²) in [5.74, 6) is 0. The van der Waals surface area contributed by atoms with Crippen LogP contribution in [-0.2, 0) is 9.47 Å². The number of nitrogens with two attached hydrogens (primary N) is 1. The van der Waals surface area contributed by atoms with Crippen LogP contribution in [0.5, 0.6) is 0 Å². The summed E-state index contributed by atoms with van der Waals surface area (Å²) in [5, 5.41) is 0. The Morgan fingerprint density at radius 3 is 2.19 bits per heavy atom.